The summed E-state index contributed by atoms with van der Waals surface area (Å²) in [7, 11) is 0. The van der Waals surface area contributed by atoms with Crippen LogP contribution in [0, 0.1) is 0 Å². The maximum absolute atomic E-state index is 5.18. The average Bonchev–Trinajstić information content (AvgIpc) is 3.34. The quantitative estimate of drug-likeness (QED) is 0.196. The van der Waals surface area contributed by atoms with Gasteiger partial charge in [-0.15, -0.1) is 0 Å². The van der Waals surface area contributed by atoms with Crippen molar-refractivity contribution in [1.82, 2.24) is 9.97 Å². The van der Waals surface area contributed by atoms with E-state index in [1.54, 1.807) is 0 Å². The van der Waals surface area contributed by atoms with Crippen LogP contribution in [0.2, 0.25) is 0 Å². The molecule has 2 heteroatoms. The Balaban J connectivity index is 1.19. The molecule has 1 heterocycles. The molecule has 0 unspecified atom stereocenters. The number of hydrogen-bond acceptors (Lipinski definition) is 2. The second-order valence-electron chi connectivity index (χ2n) is 12.6. The number of fused-ring (bicyclic) bond motifs is 8. The van der Waals surface area contributed by atoms with Gasteiger partial charge < -0.3 is 0 Å². The van der Waals surface area contributed by atoms with Gasteiger partial charge in [-0.3, -0.25) is 0 Å². The summed E-state index contributed by atoms with van der Waals surface area (Å²) >= 11 is 0. The van der Waals surface area contributed by atoms with E-state index in [1.165, 1.54) is 49.5 Å². The molecule has 0 aliphatic heterocycles. The molecular weight excluding hydrogens is 544 g/mol. The van der Waals surface area contributed by atoms with Crippen LogP contribution in [0.3, 0.4) is 0 Å². The van der Waals surface area contributed by atoms with Crippen LogP contribution >= 0.6 is 0 Å². The predicted octanol–water partition coefficient (Wildman–Crippen LogP) is 11.2. The highest BCUT2D eigenvalue weighted by atomic mass is 14.9. The fraction of sp³-hybridized carbons (Fsp3) is 0.0698. The van der Waals surface area contributed by atoms with Crippen LogP contribution < -0.4 is 0 Å². The third-order valence-electron chi connectivity index (χ3n) is 9.67. The lowest BCUT2D eigenvalue weighted by molar-refractivity contribution is 0.666. The number of benzene rings is 7. The van der Waals surface area contributed by atoms with Crippen molar-refractivity contribution in [3.63, 3.8) is 0 Å². The van der Waals surface area contributed by atoms with Crippen LogP contribution in [0.5, 0.6) is 0 Å². The Kier molecular flexibility index (Phi) is 5.58. The molecule has 0 spiro atoms. The molecule has 0 saturated heterocycles. The van der Waals surface area contributed by atoms with Crippen molar-refractivity contribution in [3.05, 3.63) is 157 Å². The molecule has 2 nitrogen and oxygen atoms in total. The lowest BCUT2D eigenvalue weighted by Gasteiger charge is -2.23. The highest BCUT2D eigenvalue weighted by Crippen LogP contribution is 2.52. The minimum Gasteiger partial charge on any atom is -0.227 e. The maximum Gasteiger partial charge on any atom is 0.160 e. The molecular formula is C43H30N2. The van der Waals surface area contributed by atoms with E-state index < -0.39 is 0 Å². The highest BCUT2D eigenvalue weighted by molar-refractivity contribution is 6.10. The van der Waals surface area contributed by atoms with Gasteiger partial charge in [-0.2, -0.15) is 0 Å². The zero-order valence-corrected chi connectivity index (χ0v) is 25.3. The van der Waals surface area contributed by atoms with Crippen molar-refractivity contribution < 1.29 is 0 Å². The Morgan fingerprint density at radius 3 is 1.98 bits per heavy atom. The zero-order valence-electron chi connectivity index (χ0n) is 25.3. The molecule has 0 fully saturated rings. The molecule has 1 aliphatic carbocycles. The Morgan fingerprint density at radius 2 is 1.11 bits per heavy atom. The highest BCUT2D eigenvalue weighted by Gasteiger charge is 2.36. The molecule has 0 amide bonds. The average molecular weight is 575 g/mol. The molecule has 212 valence electrons. The third-order valence-corrected chi connectivity index (χ3v) is 9.67. The Bertz CT molecular complexity index is 2440. The second kappa shape index (κ2) is 9.70. The predicted molar refractivity (Wildman–Crippen MR) is 188 cm³/mol. The second-order valence-corrected chi connectivity index (χ2v) is 12.6. The fourth-order valence-corrected chi connectivity index (χ4v) is 7.51. The molecule has 7 aromatic carbocycles. The summed E-state index contributed by atoms with van der Waals surface area (Å²) in [5.41, 5.74) is 11.9. The Morgan fingerprint density at radius 1 is 0.422 bits per heavy atom. The minimum atomic E-state index is -0.0536. The Hall–Kier alpha value is -5.60. The van der Waals surface area contributed by atoms with Gasteiger partial charge in [-0.05, 0) is 55.6 Å². The van der Waals surface area contributed by atoms with E-state index in [2.05, 4.69) is 153 Å². The third kappa shape index (κ3) is 3.89. The van der Waals surface area contributed by atoms with Crippen molar-refractivity contribution in [3.8, 4) is 44.9 Å². The molecule has 0 atom stereocenters. The summed E-state index contributed by atoms with van der Waals surface area (Å²) < 4.78 is 0. The van der Waals surface area contributed by atoms with Crippen molar-refractivity contribution >= 4 is 32.4 Å². The van der Waals surface area contributed by atoms with Crippen LogP contribution in [-0.2, 0) is 5.41 Å². The van der Waals surface area contributed by atoms with Gasteiger partial charge in [0.05, 0.1) is 11.2 Å². The normalized spacial score (nSPS) is 13.3. The van der Waals surface area contributed by atoms with Crippen LogP contribution in [0.4, 0.5) is 0 Å². The van der Waals surface area contributed by atoms with E-state index in [4.69, 9.17) is 9.97 Å². The maximum atomic E-state index is 5.18. The van der Waals surface area contributed by atoms with Crippen molar-refractivity contribution in [2.75, 3.05) is 0 Å². The number of rotatable bonds is 3. The van der Waals surface area contributed by atoms with Gasteiger partial charge in [0.15, 0.2) is 5.82 Å². The van der Waals surface area contributed by atoms with Crippen molar-refractivity contribution in [1.29, 1.82) is 0 Å². The Labute approximate surface area is 262 Å². The van der Waals surface area contributed by atoms with Crippen LogP contribution in [0.15, 0.2) is 146 Å². The molecule has 0 radical (unpaired) electrons. The van der Waals surface area contributed by atoms with E-state index in [1.807, 2.05) is 6.07 Å². The first kappa shape index (κ1) is 25.9. The van der Waals surface area contributed by atoms with Crippen molar-refractivity contribution in [2.45, 2.75) is 19.3 Å². The first-order valence-electron chi connectivity index (χ1n) is 15.6. The summed E-state index contributed by atoms with van der Waals surface area (Å²) in [5, 5.41) is 5.99. The van der Waals surface area contributed by atoms with Gasteiger partial charge in [-0.1, -0.05) is 153 Å². The lowest BCUT2D eigenvalue weighted by atomic mass is 9.79. The zero-order chi connectivity index (χ0) is 30.1. The topological polar surface area (TPSA) is 25.8 Å². The summed E-state index contributed by atoms with van der Waals surface area (Å²) in [4.78, 5) is 10.3. The monoisotopic (exact) mass is 574 g/mol. The first-order valence-corrected chi connectivity index (χ1v) is 15.6. The van der Waals surface area contributed by atoms with Crippen LogP contribution in [-0.4, -0.2) is 9.97 Å². The van der Waals surface area contributed by atoms with E-state index in [0.717, 1.165) is 38.9 Å². The molecule has 45 heavy (non-hydrogen) atoms. The molecule has 8 aromatic rings. The number of hydrogen-bond donors (Lipinski definition) is 0. The summed E-state index contributed by atoms with van der Waals surface area (Å²) in [5.74, 6) is 0.736. The van der Waals surface area contributed by atoms with Gasteiger partial charge in [-0.25, -0.2) is 9.97 Å². The molecule has 9 rings (SSSR count). The lowest BCUT2D eigenvalue weighted by Crippen LogP contribution is -2.15. The van der Waals surface area contributed by atoms with Crippen LogP contribution in [0.25, 0.3) is 77.3 Å². The van der Waals surface area contributed by atoms with E-state index in [-0.39, 0.29) is 5.41 Å². The SMILES string of the molecule is CC1(C)c2ccccc2-c2ccc3c(-c4ccc(-c5nc(-c6ccccc6)c6ccc7ccccc7c6n5)cc4)cccc3c21. The van der Waals surface area contributed by atoms with Crippen molar-refractivity contribution in [2.24, 2.45) is 0 Å². The van der Waals surface area contributed by atoms with Crippen LogP contribution in [0.1, 0.15) is 25.0 Å². The standard InChI is InChI=1S/C43H30N2/c1-43(2)38-18-9-8-15-34(38)36-26-25-33-31(16-10-17-35(33)39(36)43)28-19-21-30(22-20-28)42-44-40(29-12-4-3-5-13-29)37-24-23-27-11-6-7-14-32(27)41(37)45-42/h3-26H,1-2H3. The number of nitrogens with zero attached hydrogens (tertiary/aromatic N) is 2. The van der Waals surface area contributed by atoms with Gasteiger partial charge in [0, 0.05) is 27.3 Å². The summed E-state index contributed by atoms with van der Waals surface area (Å²) in [6.07, 6.45) is 0. The summed E-state index contributed by atoms with van der Waals surface area (Å²) in [6, 6.07) is 52.2. The molecule has 0 bridgehead atoms. The minimum absolute atomic E-state index is 0.0536. The molecule has 0 saturated carbocycles. The molecule has 0 N–H and O–H groups in total. The summed E-state index contributed by atoms with van der Waals surface area (Å²) in [6.45, 7) is 4.71. The van der Waals surface area contributed by atoms with Gasteiger partial charge in [0.1, 0.15) is 0 Å². The smallest absolute Gasteiger partial charge is 0.160 e. The first-order chi connectivity index (χ1) is 22.1. The van der Waals surface area contributed by atoms with E-state index in [9.17, 15) is 0 Å². The van der Waals surface area contributed by atoms with Gasteiger partial charge in [0.25, 0.3) is 0 Å². The van der Waals surface area contributed by atoms with Gasteiger partial charge >= 0.3 is 0 Å². The van der Waals surface area contributed by atoms with Gasteiger partial charge in [0.2, 0.25) is 0 Å². The van der Waals surface area contributed by atoms with E-state index in [0.29, 0.717) is 0 Å². The largest absolute Gasteiger partial charge is 0.227 e. The fourth-order valence-electron chi connectivity index (χ4n) is 7.51. The number of aromatic nitrogens is 2. The molecule has 1 aliphatic rings. The molecule has 1 aromatic heterocycles. The van der Waals surface area contributed by atoms with E-state index >= 15 is 0 Å².